The lowest BCUT2D eigenvalue weighted by Crippen LogP contribution is -2.58. The number of nitrogens with zero attached hydrogens (tertiary/aromatic N) is 4. The van der Waals surface area contributed by atoms with Crippen molar-refractivity contribution in [2.45, 2.75) is 38.3 Å². The summed E-state index contributed by atoms with van der Waals surface area (Å²) in [5.74, 6) is 0.807. The monoisotopic (exact) mass is 589 g/mol. The molecule has 0 bridgehead atoms. The molecule has 4 rings (SSSR count). The van der Waals surface area contributed by atoms with Gasteiger partial charge in [-0.2, -0.15) is 0 Å². The predicted molar refractivity (Wildman–Crippen MR) is 142 cm³/mol. The molecule has 1 N–H and O–H groups in total. The number of pyridine rings is 1. The van der Waals surface area contributed by atoms with Gasteiger partial charge in [0.15, 0.2) is 0 Å². The SMILES string of the molecule is CC[C@H]1CN(c2ncc(NS(C)(=O)=O)cc2Cl)CCN1C1CCN(C(=O)c2ccc(Br)s2)CC1. The fourth-order valence-electron chi connectivity index (χ4n) is 4.82. The number of carbonyl (C=O) groups excluding carboxylic acids is 1. The summed E-state index contributed by atoms with van der Waals surface area (Å²) in [6, 6.07) is 6.24. The Morgan fingerprint density at radius 3 is 2.59 bits per heavy atom. The Bertz CT molecular complexity index is 1140. The second-order valence-corrected chi connectivity index (χ2v) is 13.4. The number of nitrogens with one attached hydrogen (secondary N) is 1. The Morgan fingerprint density at radius 1 is 1.26 bits per heavy atom. The lowest BCUT2D eigenvalue weighted by Gasteiger charge is -2.47. The summed E-state index contributed by atoms with van der Waals surface area (Å²) in [6.07, 6.45) is 5.56. The van der Waals surface area contributed by atoms with Gasteiger partial charge in [0.05, 0.1) is 31.8 Å². The molecule has 0 aromatic carbocycles. The topological polar surface area (TPSA) is 85.8 Å². The molecule has 2 fully saturated rings. The number of sulfonamides is 1. The van der Waals surface area contributed by atoms with Gasteiger partial charge >= 0.3 is 0 Å². The lowest BCUT2D eigenvalue weighted by molar-refractivity contribution is 0.0494. The van der Waals surface area contributed by atoms with E-state index >= 15 is 0 Å². The number of hydrogen-bond donors (Lipinski definition) is 1. The van der Waals surface area contributed by atoms with Gasteiger partial charge < -0.3 is 9.80 Å². The number of hydrogen-bond acceptors (Lipinski definition) is 7. The minimum absolute atomic E-state index is 0.125. The first-order valence-corrected chi connectivity index (χ1v) is 15.2. The fourth-order valence-corrected chi connectivity index (χ4v) is 7.00. The molecule has 1 atom stereocenters. The molecule has 2 aliphatic rings. The number of piperidine rings is 1. The maximum atomic E-state index is 12.8. The highest BCUT2D eigenvalue weighted by Crippen LogP contribution is 2.31. The molecule has 0 spiro atoms. The van der Waals surface area contributed by atoms with Crippen LogP contribution in [-0.4, -0.2) is 80.2 Å². The Balaban J connectivity index is 1.36. The average Bonchev–Trinajstić information content (AvgIpc) is 3.23. The summed E-state index contributed by atoms with van der Waals surface area (Å²) >= 11 is 11.4. The number of carbonyl (C=O) groups is 1. The van der Waals surface area contributed by atoms with Crippen LogP contribution >= 0.6 is 38.9 Å². The second kappa shape index (κ2) is 10.7. The third kappa shape index (κ3) is 6.04. The minimum atomic E-state index is -3.38. The van der Waals surface area contributed by atoms with Gasteiger partial charge in [-0.05, 0) is 53.4 Å². The number of halogens is 2. The zero-order valence-electron chi connectivity index (χ0n) is 19.2. The first-order valence-electron chi connectivity index (χ1n) is 11.3. The first-order chi connectivity index (χ1) is 16.1. The number of aromatic nitrogens is 1. The summed E-state index contributed by atoms with van der Waals surface area (Å²) in [5, 5.41) is 0.434. The molecule has 2 saturated heterocycles. The molecule has 0 aliphatic carbocycles. The number of rotatable bonds is 6. The number of amides is 1. The molecule has 2 aromatic heterocycles. The van der Waals surface area contributed by atoms with Gasteiger partial charge in [0.1, 0.15) is 5.82 Å². The van der Waals surface area contributed by atoms with Crippen molar-refractivity contribution in [2.75, 3.05) is 48.6 Å². The van der Waals surface area contributed by atoms with Gasteiger partial charge in [-0.1, -0.05) is 18.5 Å². The number of piperazine rings is 1. The van der Waals surface area contributed by atoms with Crippen molar-refractivity contribution in [3.63, 3.8) is 0 Å². The zero-order valence-corrected chi connectivity index (χ0v) is 23.2. The maximum absolute atomic E-state index is 12.8. The lowest BCUT2D eigenvalue weighted by atomic mass is 9.98. The van der Waals surface area contributed by atoms with E-state index in [9.17, 15) is 13.2 Å². The van der Waals surface area contributed by atoms with E-state index in [1.165, 1.54) is 17.5 Å². The molecule has 8 nitrogen and oxygen atoms in total. The molecule has 2 aromatic rings. The van der Waals surface area contributed by atoms with Gasteiger partial charge in [-0.3, -0.25) is 14.4 Å². The molecule has 0 radical (unpaired) electrons. The number of anilines is 2. The number of thiophene rings is 1. The summed E-state index contributed by atoms with van der Waals surface area (Å²) in [6.45, 7) is 6.25. The Hall–Kier alpha value is -1.40. The standard InChI is InChI=1S/C22H29BrClN5O3S2/c1-3-16-14-28(21-18(24)12-15(13-25-21)26-34(2,31)32)10-11-29(16)17-6-8-27(9-7-17)22(30)19-4-5-20(23)33-19/h4-5,12-13,16-17,26H,3,6-11,14H2,1-2H3/t16-/m0/s1. The average molecular weight is 591 g/mol. The molecule has 186 valence electrons. The smallest absolute Gasteiger partial charge is 0.263 e. The Labute approximate surface area is 218 Å². The minimum Gasteiger partial charge on any atom is -0.353 e. The third-order valence-corrected chi connectivity index (χ3v) is 8.93. The maximum Gasteiger partial charge on any atom is 0.263 e. The van der Waals surface area contributed by atoms with Crippen LogP contribution in [-0.2, 0) is 10.0 Å². The van der Waals surface area contributed by atoms with E-state index in [1.54, 1.807) is 6.07 Å². The van der Waals surface area contributed by atoms with Crippen molar-refractivity contribution < 1.29 is 13.2 Å². The van der Waals surface area contributed by atoms with Crippen LogP contribution in [0, 0.1) is 0 Å². The highest BCUT2D eigenvalue weighted by atomic mass is 79.9. The summed E-state index contributed by atoms with van der Waals surface area (Å²) in [7, 11) is -3.38. The molecule has 0 saturated carbocycles. The Morgan fingerprint density at radius 2 is 2.00 bits per heavy atom. The summed E-state index contributed by atoms with van der Waals surface area (Å²) in [5.41, 5.74) is 0.359. The predicted octanol–water partition coefficient (Wildman–Crippen LogP) is 4.14. The van der Waals surface area contributed by atoms with Crippen molar-refractivity contribution in [3.8, 4) is 0 Å². The van der Waals surface area contributed by atoms with Gasteiger partial charge in [0.2, 0.25) is 10.0 Å². The zero-order chi connectivity index (χ0) is 24.5. The van der Waals surface area contributed by atoms with Crippen LogP contribution in [0.1, 0.15) is 35.9 Å². The summed E-state index contributed by atoms with van der Waals surface area (Å²) in [4.78, 5) is 24.8. The quantitative estimate of drug-likeness (QED) is 0.545. The molecular weight excluding hydrogens is 562 g/mol. The van der Waals surface area contributed by atoms with Crippen molar-refractivity contribution in [3.05, 3.63) is 38.1 Å². The van der Waals surface area contributed by atoms with Crippen LogP contribution in [0.3, 0.4) is 0 Å². The van der Waals surface area contributed by atoms with E-state index in [1.807, 2.05) is 17.0 Å². The highest BCUT2D eigenvalue weighted by molar-refractivity contribution is 9.11. The normalized spacial score (nSPS) is 20.5. The van der Waals surface area contributed by atoms with E-state index < -0.39 is 10.0 Å². The third-order valence-electron chi connectivity index (χ3n) is 6.43. The largest absolute Gasteiger partial charge is 0.353 e. The van der Waals surface area contributed by atoms with Gasteiger partial charge in [-0.25, -0.2) is 13.4 Å². The van der Waals surface area contributed by atoms with Crippen molar-refractivity contribution in [1.29, 1.82) is 0 Å². The van der Waals surface area contributed by atoms with E-state index in [2.05, 4.69) is 42.4 Å². The molecule has 4 heterocycles. The second-order valence-electron chi connectivity index (χ2n) is 8.78. The van der Waals surface area contributed by atoms with Crippen LogP contribution in [0.15, 0.2) is 28.2 Å². The van der Waals surface area contributed by atoms with Gasteiger partial charge in [0.25, 0.3) is 5.91 Å². The van der Waals surface area contributed by atoms with Gasteiger partial charge in [-0.15, -0.1) is 11.3 Å². The van der Waals surface area contributed by atoms with Crippen molar-refractivity contribution in [2.24, 2.45) is 0 Å². The van der Waals surface area contributed by atoms with Crippen molar-refractivity contribution in [1.82, 2.24) is 14.8 Å². The number of likely N-dealkylation sites (tertiary alicyclic amines) is 1. The molecule has 34 heavy (non-hydrogen) atoms. The van der Waals surface area contributed by atoms with Crippen LogP contribution in [0.4, 0.5) is 11.5 Å². The molecule has 0 unspecified atom stereocenters. The summed E-state index contributed by atoms with van der Waals surface area (Å²) < 4.78 is 26.3. The molecule has 1 amide bonds. The van der Waals surface area contributed by atoms with Gasteiger partial charge in [0, 0.05) is 44.8 Å². The van der Waals surface area contributed by atoms with Crippen molar-refractivity contribution >= 4 is 66.3 Å². The first kappa shape index (κ1) is 25.7. The van der Waals surface area contributed by atoms with E-state index in [4.69, 9.17) is 11.6 Å². The molecule has 12 heteroatoms. The van der Waals surface area contributed by atoms with Crippen LogP contribution in [0.25, 0.3) is 0 Å². The highest BCUT2D eigenvalue weighted by Gasteiger charge is 2.35. The fraction of sp³-hybridized carbons (Fsp3) is 0.545. The van der Waals surface area contributed by atoms with E-state index in [-0.39, 0.29) is 5.91 Å². The Kier molecular flexibility index (Phi) is 8.08. The molecular formula is C22H29BrClN5O3S2. The van der Waals surface area contributed by atoms with E-state index in [0.29, 0.717) is 28.6 Å². The van der Waals surface area contributed by atoms with Crippen LogP contribution in [0.2, 0.25) is 5.02 Å². The van der Waals surface area contributed by atoms with E-state index in [0.717, 1.165) is 66.9 Å². The molecule has 2 aliphatic heterocycles. The van der Waals surface area contributed by atoms with Crippen LogP contribution < -0.4 is 9.62 Å². The van der Waals surface area contributed by atoms with Crippen LogP contribution in [0.5, 0.6) is 0 Å².